The Balaban J connectivity index is 1.71. The molecule has 1 heterocycles. The van der Waals surface area contributed by atoms with E-state index in [2.05, 4.69) is 27.3 Å². The second-order valence-corrected chi connectivity index (χ2v) is 7.59. The number of hydrogen-bond acceptors (Lipinski definition) is 2. The normalized spacial score (nSPS) is 17.4. The van der Waals surface area contributed by atoms with Crippen molar-refractivity contribution < 1.29 is 4.79 Å². The van der Waals surface area contributed by atoms with E-state index in [9.17, 15) is 4.79 Å². The van der Waals surface area contributed by atoms with E-state index in [1.807, 2.05) is 6.07 Å². The molecule has 1 aromatic heterocycles. The maximum atomic E-state index is 11.9. The first kappa shape index (κ1) is 14.1. The van der Waals surface area contributed by atoms with Crippen LogP contribution in [0.2, 0.25) is 0 Å². The summed E-state index contributed by atoms with van der Waals surface area (Å²) in [4.78, 5) is 13.1. The minimum Gasteiger partial charge on any atom is -0.351 e. The number of hydrogen-bond donors (Lipinski definition) is 1. The van der Waals surface area contributed by atoms with Crippen LogP contribution in [0.3, 0.4) is 0 Å². The van der Waals surface area contributed by atoms with E-state index in [0.717, 1.165) is 3.79 Å². The number of halogens is 1. The van der Waals surface area contributed by atoms with Crippen molar-refractivity contribution in [3.05, 3.63) is 20.8 Å². The standard InChI is InChI=1S/C14H20BrNOS/c15-13-8-7-12(18-13)10-16-14(17)9-11-5-3-1-2-4-6-11/h7-8,11H,1-6,9-10H2,(H,16,17). The SMILES string of the molecule is O=C(CC1CCCCCC1)NCc1ccc(Br)s1. The number of carbonyl (C=O) groups excluding carboxylic acids is 1. The van der Waals surface area contributed by atoms with E-state index in [1.165, 1.54) is 43.4 Å². The van der Waals surface area contributed by atoms with Crippen molar-refractivity contribution in [3.8, 4) is 0 Å². The lowest BCUT2D eigenvalue weighted by Gasteiger charge is -2.13. The molecule has 0 aliphatic heterocycles. The summed E-state index contributed by atoms with van der Waals surface area (Å²) < 4.78 is 1.12. The molecular weight excluding hydrogens is 310 g/mol. The summed E-state index contributed by atoms with van der Waals surface area (Å²) in [7, 11) is 0. The Kier molecular flexibility index (Phi) is 5.70. The van der Waals surface area contributed by atoms with Gasteiger partial charge in [0, 0.05) is 11.3 Å². The molecule has 0 radical (unpaired) electrons. The summed E-state index contributed by atoms with van der Waals surface area (Å²) in [6.45, 7) is 0.668. The Hall–Kier alpha value is -0.350. The van der Waals surface area contributed by atoms with Crippen LogP contribution in [0.1, 0.15) is 49.8 Å². The fourth-order valence-corrected chi connectivity index (χ4v) is 3.96. The Labute approximate surface area is 121 Å². The van der Waals surface area contributed by atoms with Crippen LogP contribution in [-0.2, 0) is 11.3 Å². The molecule has 1 aliphatic carbocycles. The van der Waals surface area contributed by atoms with Gasteiger partial charge >= 0.3 is 0 Å². The lowest BCUT2D eigenvalue weighted by molar-refractivity contribution is -0.122. The lowest BCUT2D eigenvalue weighted by Crippen LogP contribution is -2.24. The fraction of sp³-hybridized carbons (Fsp3) is 0.643. The summed E-state index contributed by atoms with van der Waals surface area (Å²) in [5.41, 5.74) is 0. The molecule has 0 atom stereocenters. The molecule has 2 rings (SSSR count). The van der Waals surface area contributed by atoms with Gasteiger partial charge in [-0.25, -0.2) is 0 Å². The molecule has 0 spiro atoms. The van der Waals surface area contributed by atoms with Crippen molar-refractivity contribution in [2.24, 2.45) is 5.92 Å². The van der Waals surface area contributed by atoms with Gasteiger partial charge in [-0.15, -0.1) is 11.3 Å². The van der Waals surface area contributed by atoms with Gasteiger partial charge in [0.05, 0.1) is 10.3 Å². The zero-order valence-corrected chi connectivity index (χ0v) is 13.0. The van der Waals surface area contributed by atoms with Crippen molar-refractivity contribution in [3.63, 3.8) is 0 Å². The highest BCUT2D eigenvalue weighted by molar-refractivity contribution is 9.11. The van der Waals surface area contributed by atoms with Gasteiger partial charge in [-0.3, -0.25) is 4.79 Å². The van der Waals surface area contributed by atoms with Crippen LogP contribution in [0.4, 0.5) is 0 Å². The Morgan fingerprint density at radius 1 is 1.28 bits per heavy atom. The molecule has 1 fully saturated rings. The third-order valence-corrected chi connectivity index (χ3v) is 5.16. The third-order valence-electron chi connectivity index (χ3n) is 3.54. The minimum atomic E-state index is 0.214. The second kappa shape index (κ2) is 7.29. The van der Waals surface area contributed by atoms with E-state index < -0.39 is 0 Å². The van der Waals surface area contributed by atoms with E-state index >= 15 is 0 Å². The van der Waals surface area contributed by atoms with Gasteiger partial charge in [0.15, 0.2) is 0 Å². The summed E-state index contributed by atoms with van der Waals surface area (Å²) in [5.74, 6) is 0.828. The van der Waals surface area contributed by atoms with Crippen LogP contribution >= 0.6 is 27.3 Å². The van der Waals surface area contributed by atoms with Crippen molar-refractivity contribution in [1.82, 2.24) is 5.32 Å². The minimum absolute atomic E-state index is 0.214. The summed E-state index contributed by atoms with van der Waals surface area (Å²) in [6.07, 6.45) is 8.48. The van der Waals surface area contributed by atoms with Gasteiger partial charge in [-0.2, -0.15) is 0 Å². The first-order chi connectivity index (χ1) is 8.74. The maximum Gasteiger partial charge on any atom is 0.220 e. The van der Waals surface area contributed by atoms with Crippen molar-refractivity contribution in [2.45, 2.75) is 51.5 Å². The van der Waals surface area contributed by atoms with Crippen LogP contribution in [0.5, 0.6) is 0 Å². The number of nitrogens with one attached hydrogen (secondary N) is 1. The highest BCUT2D eigenvalue weighted by Crippen LogP contribution is 2.25. The number of thiophene rings is 1. The molecule has 0 aromatic carbocycles. The average Bonchev–Trinajstić information content (AvgIpc) is 2.60. The lowest BCUT2D eigenvalue weighted by atomic mass is 9.96. The summed E-state index contributed by atoms with van der Waals surface area (Å²) in [6, 6.07) is 4.08. The van der Waals surface area contributed by atoms with Crippen molar-refractivity contribution in [1.29, 1.82) is 0 Å². The Bertz CT molecular complexity index is 383. The first-order valence-electron chi connectivity index (χ1n) is 6.75. The summed E-state index contributed by atoms with van der Waals surface area (Å²) in [5, 5.41) is 3.03. The van der Waals surface area contributed by atoms with Crippen LogP contribution in [-0.4, -0.2) is 5.91 Å². The van der Waals surface area contributed by atoms with Gasteiger partial charge in [0.2, 0.25) is 5.91 Å². The van der Waals surface area contributed by atoms with Crippen LogP contribution in [0.25, 0.3) is 0 Å². The number of rotatable bonds is 4. The molecule has 0 saturated heterocycles. The smallest absolute Gasteiger partial charge is 0.220 e. The van der Waals surface area contributed by atoms with E-state index in [1.54, 1.807) is 11.3 Å². The summed E-state index contributed by atoms with van der Waals surface area (Å²) >= 11 is 5.11. The quantitative estimate of drug-likeness (QED) is 0.810. The predicted molar refractivity (Wildman–Crippen MR) is 79.7 cm³/mol. The highest BCUT2D eigenvalue weighted by atomic mass is 79.9. The van der Waals surface area contributed by atoms with E-state index in [-0.39, 0.29) is 5.91 Å². The maximum absolute atomic E-state index is 11.9. The number of amides is 1. The molecule has 1 N–H and O–H groups in total. The van der Waals surface area contributed by atoms with Gasteiger partial charge < -0.3 is 5.32 Å². The Morgan fingerprint density at radius 2 is 2.00 bits per heavy atom. The van der Waals surface area contributed by atoms with Gasteiger partial charge in [0.25, 0.3) is 0 Å². The molecule has 100 valence electrons. The van der Waals surface area contributed by atoms with Crippen molar-refractivity contribution >= 4 is 33.2 Å². The van der Waals surface area contributed by atoms with E-state index in [4.69, 9.17) is 0 Å². The van der Waals surface area contributed by atoms with Gasteiger partial charge in [-0.05, 0) is 46.8 Å². The third kappa shape index (κ3) is 4.73. The molecule has 0 unspecified atom stereocenters. The molecule has 1 aliphatic rings. The first-order valence-corrected chi connectivity index (χ1v) is 8.36. The van der Waals surface area contributed by atoms with Crippen LogP contribution in [0, 0.1) is 5.92 Å². The van der Waals surface area contributed by atoms with E-state index in [0.29, 0.717) is 18.9 Å². The average molecular weight is 330 g/mol. The predicted octanol–water partition coefficient (Wildman–Crippen LogP) is 4.49. The van der Waals surface area contributed by atoms with Crippen LogP contribution in [0.15, 0.2) is 15.9 Å². The highest BCUT2D eigenvalue weighted by Gasteiger charge is 2.15. The molecule has 0 bridgehead atoms. The number of carbonyl (C=O) groups is 1. The topological polar surface area (TPSA) is 29.1 Å². The molecular formula is C14H20BrNOS. The monoisotopic (exact) mass is 329 g/mol. The molecule has 2 nitrogen and oxygen atoms in total. The molecule has 1 amide bonds. The molecule has 1 aromatic rings. The molecule has 4 heteroatoms. The van der Waals surface area contributed by atoms with Crippen LogP contribution < -0.4 is 5.32 Å². The van der Waals surface area contributed by atoms with Gasteiger partial charge in [0.1, 0.15) is 0 Å². The largest absolute Gasteiger partial charge is 0.351 e. The Morgan fingerprint density at radius 3 is 2.61 bits per heavy atom. The zero-order valence-electron chi connectivity index (χ0n) is 10.6. The van der Waals surface area contributed by atoms with Gasteiger partial charge in [-0.1, -0.05) is 25.7 Å². The fourth-order valence-electron chi connectivity index (χ4n) is 2.53. The molecule has 18 heavy (non-hydrogen) atoms. The zero-order chi connectivity index (χ0) is 12.8. The second-order valence-electron chi connectivity index (χ2n) is 5.04. The van der Waals surface area contributed by atoms with Crippen molar-refractivity contribution in [2.75, 3.05) is 0 Å². The molecule has 1 saturated carbocycles.